The van der Waals surface area contributed by atoms with E-state index in [4.69, 9.17) is 4.74 Å². The zero-order chi connectivity index (χ0) is 19.4. The second-order valence-corrected chi connectivity index (χ2v) is 7.79. The normalized spacial score (nSPS) is 12.1. The van der Waals surface area contributed by atoms with E-state index in [1.807, 2.05) is 12.1 Å². The number of ether oxygens (including phenoxy) is 1. The fourth-order valence-electron chi connectivity index (χ4n) is 3.02. The molecule has 0 unspecified atom stereocenters. The summed E-state index contributed by atoms with van der Waals surface area (Å²) in [6.45, 7) is 7.60. The van der Waals surface area contributed by atoms with Crippen LogP contribution in [0.2, 0.25) is 0 Å². The largest absolute Gasteiger partial charge is 0.383 e. The number of carbonyl (C=O) groups excluding carboxylic acids is 1. The minimum Gasteiger partial charge on any atom is -0.383 e. The molecular weight excluding hydrogens is 356 g/mol. The Morgan fingerprint density at radius 2 is 1.78 bits per heavy atom. The number of amides is 1. The third-order valence-electron chi connectivity index (χ3n) is 4.82. The number of benzene rings is 2. The lowest BCUT2D eigenvalue weighted by Crippen LogP contribution is -2.19. The molecule has 0 fully saturated rings. The number of carbonyl (C=O) groups is 1. The highest BCUT2D eigenvalue weighted by Gasteiger charge is 2.10. The molecule has 0 atom stereocenters. The maximum atomic E-state index is 12.6. The van der Waals surface area contributed by atoms with Gasteiger partial charge in [-0.25, -0.2) is 0 Å². The monoisotopic (exact) mass is 382 g/mol. The van der Waals surface area contributed by atoms with E-state index in [1.165, 1.54) is 16.7 Å². The number of fused-ring (bicyclic) bond motifs is 1. The molecule has 1 heterocycles. The van der Waals surface area contributed by atoms with E-state index in [0.29, 0.717) is 19.6 Å². The van der Waals surface area contributed by atoms with Crippen molar-refractivity contribution >= 4 is 27.5 Å². The van der Waals surface area contributed by atoms with Gasteiger partial charge in [0.25, 0.3) is 5.91 Å². The molecule has 0 N–H and O–H groups in total. The quantitative estimate of drug-likeness (QED) is 0.641. The second-order valence-electron chi connectivity index (χ2n) is 6.79. The molecule has 0 saturated carbocycles. The van der Waals surface area contributed by atoms with Crippen LogP contribution in [-0.2, 0) is 28.9 Å². The zero-order valence-corrected chi connectivity index (χ0v) is 17.2. The highest BCUT2D eigenvalue weighted by atomic mass is 32.1. The van der Waals surface area contributed by atoms with Crippen molar-refractivity contribution in [2.24, 2.45) is 4.99 Å². The van der Waals surface area contributed by atoms with Crippen molar-refractivity contribution < 1.29 is 9.53 Å². The van der Waals surface area contributed by atoms with Gasteiger partial charge >= 0.3 is 0 Å². The van der Waals surface area contributed by atoms with Crippen molar-refractivity contribution in [1.82, 2.24) is 4.57 Å². The summed E-state index contributed by atoms with van der Waals surface area (Å²) in [6, 6.07) is 12.5. The maximum Gasteiger partial charge on any atom is 0.252 e. The summed E-state index contributed by atoms with van der Waals surface area (Å²) >= 11 is 1.56. The molecule has 1 amide bonds. The molecule has 1 aromatic heterocycles. The molecule has 0 aliphatic carbocycles. The van der Waals surface area contributed by atoms with Gasteiger partial charge in [0.2, 0.25) is 0 Å². The summed E-state index contributed by atoms with van der Waals surface area (Å²) in [6.07, 6.45) is 1.32. The van der Waals surface area contributed by atoms with Gasteiger partial charge in [-0.1, -0.05) is 42.5 Å². The molecule has 0 bridgehead atoms. The first-order valence-electron chi connectivity index (χ1n) is 9.26. The predicted octanol–water partition coefficient (Wildman–Crippen LogP) is 4.20. The van der Waals surface area contributed by atoms with Crippen LogP contribution < -0.4 is 4.80 Å². The van der Waals surface area contributed by atoms with Gasteiger partial charge < -0.3 is 9.30 Å². The van der Waals surface area contributed by atoms with E-state index in [-0.39, 0.29) is 5.91 Å². The molecule has 3 rings (SSSR count). The van der Waals surface area contributed by atoms with Crippen LogP contribution in [0.4, 0.5) is 0 Å². The van der Waals surface area contributed by atoms with Crippen molar-refractivity contribution in [2.75, 3.05) is 13.7 Å². The van der Waals surface area contributed by atoms with Crippen molar-refractivity contribution in [1.29, 1.82) is 0 Å². The SMILES string of the molecule is CCc1ccc(CC(=O)N=c2sc3cc(C)c(C)cc3n2CCOC)cc1. The Morgan fingerprint density at radius 1 is 1.11 bits per heavy atom. The molecule has 5 heteroatoms. The van der Waals surface area contributed by atoms with Gasteiger partial charge in [0.1, 0.15) is 0 Å². The number of thiazole rings is 1. The number of aryl methyl sites for hydroxylation is 3. The number of hydrogen-bond acceptors (Lipinski definition) is 3. The first-order chi connectivity index (χ1) is 13.0. The number of rotatable bonds is 6. The molecule has 27 heavy (non-hydrogen) atoms. The van der Waals surface area contributed by atoms with Crippen LogP contribution in [0.15, 0.2) is 41.4 Å². The molecule has 0 aliphatic rings. The summed E-state index contributed by atoms with van der Waals surface area (Å²) in [4.78, 5) is 17.7. The Balaban J connectivity index is 1.96. The summed E-state index contributed by atoms with van der Waals surface area (Å²) < 4.78 is 8.49. The van der Waals surface area contributed by atoms with E-state index in [0.717, 1.165) is 27.0 Å². The summed E-state index contributed by atoms with van der Waals surface area (Å²) in [5, 5.41) is 0. The third kappa shape index (κ3) is 4.54. The fourth-order valence-corrected chi connectivity index (χ4v) is 4.17. The van der Waals surface area contributed by atoms with Gasteiger partial charge in [-0.15, -0.1) is 0 Å². The van der Waals surface area contributed by atoms with Gasteiger partial charge in [-0.3, -0.25) is 4.79 Å². The standard InChI is InChI=1S/C22H26N2O2S/c1-5-17-6-8-18(9-7-17)14-21(25)23-22-24(10-11-26-4)19-12-15(2)16(3)13-20(19)27-22/h6-9,12-13H,5,10-11,14H2,1-4H3. The van der Waals surface area contributed by atoms with E-state index >= 15 is 0 Å². The van der Waals surface area contributed by atoms with Crippen LogP contribution in [0.1, 0.15) is 29.2 Å². The lowest BCUT2D eigenvalue weighted by molar-refractivity contribution is -0.117. The van der Waals surface area contributed by atoms with Crippen LogP contribution in [0.5, 0.6) is 0 Å². The van der Waals surface area contributed by atoms with Gasteiger partial charge in [0.05, 0.1) is 23.2 Å². The predicted molar refractivity (Wildman–Crippen MR) is 111 cm³/mol. The first-order valence-corrected chi connectivity index (χ1v) is 10.1. The Labute approximate surface area is 164 Å². The van der Waals surface area contributed by atoms with Crippen molar-refractivity contribution in [3.63, 3.8) is 0 Å². The molecule has 0 aliphatic heterocycles. The van der Waals surface area contributed by atoms with Gasteiger partial charge in [-0.05, 0) is 54.7 Å². The Hall–Kier alpha value is -2.24. The van der Waals surface area contributed by atoms with Gasteiger partial charge in [-0.2, -0.15) is 4.99 Å². The minimum atomic E-state index is -0.120. The summed E-state index contributed by atoms with van der Waals surface area (Å²) in [5.41, 5.74) is 5.86. The number of nitrogens with zero attached hydrogens (tertiary/aromatic N) is 2. The molecular formula is C22H26N2O2S. The zero-order valence-electron chi connectivity index (χ0n) is 16.4. The van der Waals surface area contributed by atoms with Crippen molar-refractivity contribution in [2.45, 2.75) is 40.2 Å². The molecule has 4 nitrogen and oxygen atoms in total. The number of hydrogen-bond donors (Lipinski definition) is 0. The molecule has 142 valence electrons. The van der Waals surface area contributed by atoms with Gasteiger partial charge in [0, 0.05) is 13.7 Å². The lowest BCUT2D eigenvalue weighted by atomic mass is 10.1. The smallest absolute Gasteiger partial charge is 0.252 e. The van der Waals surface area contributed by atoms with Crippen LogP contribution in [-0.4, -0.2) is 24.2 Å². The van der Waals surface area contributed by atoms with E-state index in [9.17, 15) is 4.79 Å². The highest BCUT2D eigenvalue weighted by Crippen LogP contribution is 2.22. The van der Waals surface area contributed by atoms with Crippen LogP contribution in [0.25, 0.3) is 10.2 Å². The van der Waals surface area contributed by atoms with E-state index in [2.05, 4.69) is 54.6 Å². The van der Waals surface area contributed by atoms with Gasteiger partial charge in [0.15, 0.2) is 4.80 Å². The lowest BCUT2D eigenvalue weighted by Gasteiger charge is -2.06. The molecule has 0 spiro atoms. The fraction of sp³-hybridized carbons (Fsp3) is 0.364. The Morgan fingerprint density at radius 3 is 2.44 bits per heavy atom. The molecule has 0 radical (unpaired) electrons. The molecule has 2 aromatic carbocycles. The number of aromatic nitrogens is 1. The Kier molecular flexibility index (Phi) is 6.24. The average Bonchev–Trinajstić information content (AvgIpc) is 2.96. The second kappa shape index (κ2) is 8.63. The third-order valence-corrected chi connectivity index (χ3v) is 5.87. The van der Waals surface area contributed by atoms with E-state index < -0.39 is 0 Å². The topological polar surface area (TPSA) is 43.6 Å². The van der Waals surface area contributed by atoms with Crippen molar-refractivity contribution in [3.8, 4) is 0 Å². The highest BCUT2D eigenvalue weighted by molar-refractivity contribution is 7.16. The summed E-state index contributed by atoms with van der Waals surface area (Å²) in [5.74, 6) is -0.120. The van der Waals surface area contributed by atoms with E-state index in [1.54, 1.807) is 18.4 Å². The molecule has 0 saturated heterocycles. The average molecular weight is 383 g/mol. The van der Waals surface area contributed by atoms with Crippen LogP contribution in [0, 0.1) is 13.8 Å². The maximum absolute atomic E-state index is 12.6. The number of methoxy groups -OCH3 is 1. The first kappa shape index (κ1) is 19.5. The molecule has 3 aromatic rings. The van der Waals surface area contributed by atoms with Crippen LogP contribution in [0.3, 0.4) is 0 Å². The minimum absolute atomic E-state index is 0.120. The Bertz CT molecular complexity index is 1010. The summed E-state index contributed by atoms with van der Waals surface area (Å²) in [7, 11) is 1.69. The van der Waals surface area contributed by atoms with Crippen LogP contribution >= 0.6 is 11.3 Å². The van der Waals surface area contributed by atoms with Crippen molar-refractivity contribution in [3.05, 3.63) is 63.5 Å².